The van der Waals surface area contributed by atoms with Crippen molar-refractivity contribution in [2.24, 2.45) is 11.8 Å². The average Bonchev–Trinajstić information content (AvgIpc) is 2.23. The summed E-state index contributed by atoms with van der Waals surface area (Å²) in [5.74, 6) is -0.378. The molecule has 0 heterocycles. The molecule has 1 atom stereocenters. The van der Waals surface area contributed by atoms with Gasteiger partial charge in [-0.15, -0.1) is 0 Å². The third kappa shape index (κ3) is 2.91. The van der Waals surface area contributed by atoms with Crippen LogP contribution in [0.4, 0.5) is 0 Å². The van der Waals surface area contributed by atoms with Crippen molar-refractivity contribution in [2.45, 2.75) is 19.3 Å². The number of carboxylic acids is 1. The van der Waals surface area contributed by atoms with Gasteiger partial charge in [-0.1, -0.05) is 30.2 Å². The van der Waals surface area contributed by atoms with Crippen LogP contribution in [-0.2, 0) is 4.79 Å². The summed E-state index contributed by atoms with van der Waals surface area (Å²) < 4.78 is 5.50. The Hall–Kier alpha value is -1.22. The fourth-order valence-electron chi connectivity index (χ4n) is 1.99. The minimum Gasteiger partial charge on any atom is -0.491 e. The predicted octanol–water partition coefficient (Wildman–Crippen LogP) is 3.22. The molecule has 1 fully saturated rings. The summed E-state index contributed by atoms with van der Waals surface area (Å²) in [4.78, 5) is 11.1. The molecule has 0 bridgehead atoms. The van der Waals surface area contributed by atoms with Gasteiger partial charge in [0.25, 0.3) is 0 Å². The van der Waals surface area contributed by atoms with Crippen molar-refractivity contribution in [3.05, 3.63) is 29.3 Å². The molecule has 92 valence electrons. The molecule has 17 heavy (non-hydrogen) atoms. The normalized spacial score (nSPS) is 17.2. The molecule has 1 aromatic rings. The topological polar surface area (TPSA) is 46.5 Å². The first-order valence-electron chi connectivity index (χ1n) is 5.78. The molecule has 1 aliphatic carbocycles. The van der Waals surface area contributed by atoms with E-state index in [4.69, 9.17) is 21.4 Å². The maximum atomic E-state index is 11.1. The van der Waals surface area contributed by atoms with Crippen molar-refractivity contribution >= 4 is 17.6 Å². The first kappa shape index (κ1) is 12.2. The summed E-state index contributed by atoms with van der Waals surface area (Å²) in [6.07, 6.45) is 3.10. The maximum Gasteiger partial charge on any atom is 0.310 e. The van der Waals surface area contributed by atoms with Crippen LogP contribution in [0.5, 0.6) is 5.75 Å². The number of rotatable bonds is 5. The Bertz CT molecular complexity index is 401. The number of benzene rings is 1. The number of aliphatic carboxylic acids is 1. The zero-order chi connectivity index (χ0) is 12.3. The number of hydrogen-bond acceptors (Lipinski definition) is 2. The maximum absolute atomic E-state index is 11.1. The van der Waals surface area contributed by atoms with Gasteiger partial charge in [0.1, 0.15) is 12.4 Å². The van der Waals surface area contributed by atoms with Crippen LogP contribution in [0.2, 0.25) is 5.02 Å². The summed E-state index contributed by atoms with van der Waals surface area (Å²) in [6.45, 7) is 0.198. The summed E-state index contributed by atoms with van der Waals surface area (Å²) >= 11 is 5.94. The van der Waals surface area contributed by atoms with Crippen molar-refractivity contribution in [3.8, 4) is 5.75 Å². The van der Waals surface area contributed by atoms with Crippen LogP contribution >= 0.6 is 11.6 Å². The van der Waals surface area contributed by atoms with Crippen molar-refractivity contribution in [2.75, 3.05) is 6.61 Å². The van der Waals surface area contributed by atoms with Crippen molar-refractivity contribution in [1.82, 2.24) is 0 Å². The molecule has 1 saturated carbocycles. The number of carboxylic acid groups (broad SMARTS) is 1. The standard InChI is InChI=1S/C13H15ClO3/c14-11-6-1-2-7-12(11)17-8-10(13(15)16)9-4-3-5-9/h1-2,6-7,9-10H,3-5,8H2,(H,15,16). The molecule has 0 radical (unpaired) electrons. The second kappa shape index (κ2) is 5.41. The molecule has 3 nitrogen and oxygen atoms in total. The van der Waals surface area contributed by atoms with E-state index in [0.717, 1.165) is 19.3 Å². The highest BCUT2D eigenvalue weighted by atomic mass is 35.5. The lowest BCUT2D eigenvalue weighted by molar-refractivity contribution is -0.146. The second-order valence-electron chi connectivity index (χ2n) is 4.38. The van der Waals surface area contributed by atoms with Gasteiger partial charge in [-0.25, -0.2) is 0 Å². The average molecular weight is 255 g/mol. The highest BCUT2D eigenvalue weighted by molar-refractivity contribution is 6.32. The summed E-state index contributed by atoms with van der Waals surface area (Å²) in [5, 5.41) is 9.66. The molecule has 1 N–H and O–H groups in total. The Morgan fingerprint density at radius 3 is 2.71 bits per heavy atom. The molecule has 2 rings (SSSR count). The lowest BCUT2D eigenvalue weighted by Gasteiger charge is -2.30. The Morgan fingerprint density at radius 2 is 2.18 bits per heavy atom. The van der Waals surface area contributed by atoms with E-state index in [2.05, 4.69) is 0 Å². The molecule has 4 heteroatoms. The Morgan fingerprint density at radius 1 is 1.47 bits per heavy atom. The molecular formula is C13H15ClO3. The molecule has 0 aromatic heterocycles. The van der Waals surface area contributed by atoms with Crippen LogP contribution in [0, 0.1) is 11.8 Å². The van der Waals surface area contributed by atoms with Gasteiger partial charge in [-0.2, -0.15) is 0 Å². The predicted molar refractivity (Wildman–Crippen MR) is 65.4 cm³/mol. The van der Waals surface area contributed by atoms with E-state index < -0.39 is 11.9 Å². The van der Waals surface area contributed by atoms with E-state index in [1.807, 2.05) is 12.1 Å². The number of carbonyl (C=O) groups is 1. The third-order valence-electron chi connectivity index (χ3n) is 3.29. The number of hydrogen-bond donors (Lipinski definition) is 1. The molecule has 0 aliphatic heterocycles. The van der Waals surface area contributed by atoms with Gasteiger partial charge in [-0.05, 0) is 30.9 Å². The molecule has 1 unspecified atom stereocenters. The largest absolute Gasteiger partial charge is 0.491 e. The smallest absolute Gasteiger partial charge is 0.310 e. The molecule has 0 saturated heterocycles. The molecule has 1 aromatic carbocycles. The van der Waals surface area contributed by atoms with E-state index >= 15 is 0 Å². The third-order valence-corrected chi connectivity index (χ3v) is 3.60. The van der Waals surface area contributed by atoms with E-state index in [1.54, 1.807) is 12.1 Å². The zero-order valence-corrected chi connectivity index (χ0v) is 10.2. The summed E-state index contributed by atoms with van der Waals surface area (Å²) in [7, 11) is 0. The minimum atomic E-state index is -0.776. The van der Waals surface area contributed by atoms with Gasteiger partial charge >= 0.3 is 5.97 Å². The summed E-state index contributed by atoms with van der Waals surface area (Å²) in [5.41, 5.74) is 0. The van der Waals surface area contributed by atoms with Crippen LogP contribution in [0.15, 0.2) is 24.3 Å². The van der Waals surface area contributed by atoms with Gasteiger partial charge in [0.15, 0.2) is 0 Å². The highest BCUT2D eigenvalue weighted by Crippen LogP contribution is 2.34. The van der Waals surface area contributed by atoms with Crippen molar-refractivity contribution in [3.63, 3.8) is 0 Å². The van der Waals surface area contributed by atoms with Gasteiger partial charge < -0.3 is 9.84 Å². The monoisotopic (exact) mass is 254 g/mol. The number of ether oxygens (including phenoxy) is 1. The van der Waals surface area contributed by atoms with Crippen LogP contribution in [0.1, 0.15) is 19.3 Å². The van der Waals surface area contributed by atoms with E-state index in [0.29, 0.717) is 10.8 Å². The van der Waals surface area contributed by atoms with E-state index in [9.17, 15) is 4.79 Å². The lowest BCUT2D eigenvalue weighted by atomic mass is 9.76. The molecule has 1 aliphatic rings. The Balaban J connectivity index is 1.95. The highest BCUT2D eigenvalue weighted by Gasteiger charge is 2.33. The SMILES string of the molecule is O=C(O)C(COc1ccccc1Cl)C1CCC1. The molecular weight excluding hydrogens is 240 g/mol. The fourth-order valence-corrected chi connectivity index (χ4v) is 2.18. The van der Waals surface area contributed by atoms with Gasteiger partial charge in [0.05, 0.1) is 10.9 Å². The first-order valence-corrected chi connectivity index (χ1v) is 6.16. The van der Waals surface area contributed by atoms with E-state index in [-0.39, 0.29) is 12.5 Å². The van der Waals surface area contributed by atoms with Gasteiger partial charge in [0.2, 0.25) is 0 Å². The minimum absolute atomic E-state index is 0.198. The van der Waals surface area contributed by atoms with Crippen LogP contribution in [-0.4, -0.2) is 17.7 Å². The van der Waals surface area contributed by atoms with Gasteiger partial charge in [0, 0.05) is 0 Å². The molecule has 0 amide bonds. The van der Waals surface area contributed by atoms with Crippen LogP contribution in [0.3, 0.4) is 0 Å². The fraction of sp³-hybridized carbons (Fsp3) is 0.462. The van der Waals surface area contributed by atoms with Crippen LogP contribution in [0.25, 0.3) is 0 Å². The summed E-state index contributed by atoms with van der Waals surface area (Å²) in [6, 6.07) is 7.12. The number of halogens is 1. The zero-order valence-electron chi connectivity index (χ0n) is 9.43. The van der Waals surface area contributed by atoms with Crippen molar-refractivity contribution < 1.29 is 14.6 Å². The lowest BCUT2D eigenvalue weighted by Crippen LogP contribution is -2.33. The number of para-hydroxylation sites is 1. The van der Waals surface area contributed by atoms with Crippen LogP contribution < -0.4 is 4.74 Å². The second-order valence-corrected chi connectivity index (χ2v) is 4.78. The van der Waals surface area contributed by atoms with Crippen molar-refractivity contribution in [1.29, 1.82) is 0 Å². The van der Waals surface area contributed by atoms with Gasteiger partial charge in [-0.3, -0.25) is 4.79 Å². The Kier molecular flexibility index (Phi) is 3.89. The first-order chi connectivity index (χ1) is 8.18. The quantitative estimate of drug-likeness (QED) is 0.878. The van der Waals surface area contributed by atoms with E-state index in [1.165, 1.54) is 0 Å². The molecule has 0 spiro atoms. The Labute approximate surface area is 105 Å².